The van der Waals surface area contributed by atoms with E-state index in [-0.39, 0.29) is 16.9 Å². The van der Waals surface area contributed by atoms with Gasteiger partial charge in [-0.15, -0.1) is 0 Å². The third-order valence-corrected chi connectivity index (χ3v) is 3.90. The predicted octanol–water partition coefficient (Wildman–Crippen LogP) is 0.893. The molecule has 0 atom stereocenters. The van der Waals surface area contributed by atoms with Gasteiger partial charge in [-0.3, -0.25) is 18.7 Å². The summed E-state index contributed by atoms with van der Waals surface area (Å²) in [5.41, 5.74) is 0.0239. The van der Waals surface area contributed by atoms with Gasteiger partial charge in [-0.2, -0.15) is 0 Å². The second-order valence-electron chi connectivity index (χ2n) is 5.46. The molecule has 2 heterocycles. The number of nitrogens with zero attached hydrogens (tertiary/aromatic N) is 3. The van der Waals surface area contributed by atoms with Crippen molar-refractivity contribution in [2.75, 3.05) is 12.4 Å². The largest absolute Gasteiger partial charge is 0.496 e. The maximum Gasteiger partial charge on any atom is 0.332 e. The summed E-state index contributed by atoms with van der Waals surface area (Å²) in [5, 5.41) is 2.93. The van der Waals surface area contributed by atoms with Crippen molar-refractivity contribution in [3.05, 3.63) is 62.9 Å². The molecule has 0 fully saturated rings. The molecular formula is C17H16N4O4. The lowest BCUT2D eigenvalue weighted by atomic mass is 10.2. The molecule has 0 aliphatic carbocycles. The molecule has 128 valence electrons. The van der Waals surface area contributed by atoms with E-state index >= 15 is 0 Å². The van der Waals surface area contributed by atoms with Crippen molar-refractivity contribution in [1.82, 2.24) is 14.1 Å². The van der Waals surface area contributed by atoms with Crippen LogP contribution in [0.1, 0.15) is 10.4 Å². The molecule has 1 amide bonds. The Labute approximate surface area is 142 Å². The van der Waals surface area contributed by atoms with Gasteiger partial charge in [-0.1, -0.05) is 12.1 Å². The van der Waals surface area contributed by atoms with Crippen LogP contribution in [0, 0.1) is 0 Å². The molecule has 2 aromatic heterocycles. The van der Waals surface area contributed by atoms with Crippen LogP contribution in [0.2, 0.25) is 0 Å². The second-order valence-corrected chi connectivity index (χ2v) is 5.46. The van der Waals surface area contributed by atoms with E-state index in [0.717, 1.165) is 4.57 Å². The highest BCUT2D eigenvalue weighted by atomic mass is 16.5. The molecule has 0 bridgehead atoms. The highest BCUT2D eigenvalue weighted by Gasteiger charge is 2.14. The van der Waals surface area contributed by atoms with Crippen LogP contribution in [-0.4, -0.2) is 27.1 Å². The average Bonchev–Trinajstić information content (AvgIpc) is 2.64. The Morgan fingerprint density at radius 3 is 2.60 bits per heavy atom. The lowest BCUT2D eigenvalue weighted by molar-refractivity contribution is 0.102. The lowest BCUT2D eigenvalue weighted by Gasteiger charge is -2.10. The minimum absolute atomic E-state index is 0.238. The maximum atomic E-state index is 12.4. The average molecular weight is 340 g/mol. The van der Waals surface area contributed by atoms with Crippen molar-refractivity contribution in [2.24, 2.45) is 14.1 Å². The highest BCUT2D eigenvalue weighted by Crippen LogP contribution is 2.19. The highest BCUT2D eigenvalue weighted by molar-refractivity contribution is 6.06. The summed E-state index contributed by atoms with van der Waals surface area (Å²) in [4.78, 5) is 40.8. The molecule has 0 aliphatic rings. The van der Waals surface area contributed by atoms with E-state index < -0.39 is 11.2 Å². The van der Waals surface area contributed by atoms with Gasteiger partial charge in [-0.25, -0.2) is 9.78 Å². The van der Waals surface area contributed by atoms with Gasteiger partial charge >= 0.3 is 5.69 Å². The van der Waals surface area contributed by atoms with Crippen LogP contribution in [0.4, 0.5) is 5.69 Å². The minimum Gasteiger partial charge on any atom is -0.496 e. The first kappa shape index (κ1) is 16.4. The van der Waals surface area contributed by atoms with Gasteiger partial charge in [0.2, 0.25) is 0 Å². The van der Waals surface area contributed by atoms with Crippen molar-refractivity contribution in [3.63, 3.8) is 0 Å². The van der Waals surface area contributed by atoms with E-state index in [9.17, 15) is 14.4 Å². The summed E-state index contributed by atoms with van der Waals surface area (Å²) in [5.74, 6) is 0.0484. The normalized spacial score (nSPS) is 10.7. The lowest BCUT2D eigenvalue weighted by Crippen LogP contribution is -2.37. The number of pyridine rings is 1. The third kappa shape index (κ3) is 2.78. The number of fused-ring (bicyclic) bond motifs is 1. The van der Waals surface area contributed by atoms with Gasteiger partial charge in [0.15, 0.2) is 0 Å². The van der Waals surface area contributed by atoms with Gasteiger partial charge in [0.05, 0.1) is 29.9 Å². The van der Waals surface area contributed by atoms with Crippen LogP contribution >= 0.6 is 0 Å². The molecule has 0 saturated heterocycles. The molecule has 1 aromatic carbocycles. The number of aromatic nitrogens is 3. The first-order valence-corrected chi connectivity index (χ1v) is 7.44. The molecular weight excluding hydrogens is 324 g/mol. The number of aryl methyl sites for hydroxylation is 1. The SMILES string of the molecule is COc1ccccc1C(=O)Nc1cnc2c(c1)c(=O)n(C)c(=O)n2C. The number of anilines is 1. The molecule has 0 radical (unpaired) electrons. The fourth-order valence-electron chi connectivity index (χ4n) is 2.56. The summed E-state index contributed by atoms with van der Waals surface area (Å²) in [6.45, 7) is 0. The second kappa shape index (κ2) is 6.23. The predicted molar refractivity (Wildman–Crippen MR) is 93.2 cm³/mol. The number of carbonyl (C=O) groups excluding carboxylic acids is 1. The van der Waals surface area contributed by atoms with Crippen LogP contribution in [0.5, 0.6) is 5.75 Å². The number of para-hydroxylation sites is 1. The Kier molecular flexibility index (Phi) is 4.10. The molecule has 0 aliphatic heterocycles. The molecule has 8 heteroatoms. The van der Waals surface area contributed by atoms with Crippen LogP contribution in [0.15, 0.2) is 46.1 Å². The third-order valence-electron chi connectivity index (χ3n) is 3.90. The zero-order valence-electron chi connectivity index (χ0n) is 13.9. The van der Waals surface area contributed by atoms with E-state index in [4.69, 9.17) is 4.74 Å². The first-order chi connectivity index (χ1) is 11.9. The summed E-state index contributed by atoms with van der Waals surface area (Å²) < 4.78 is 7.45. The molecule has 0 spiro atoms. The number of ether oxygens (including phenoxy) is 1. The maximum absolute atomic E-state index is 12.4. The molecule has 3 rings (SSSR count). The van der Waals surface area contributed by atoms with E-state index in [2.05, 4.69) is 10.3 Å². The summed E-state index contributed by atoms with van der Waals surface area (Å²) in [7, 11) is 4.41. The van der Waals surface area contributed by atoms with E-state index in [1.807, 2.05) is 0 Å². The monoisotopic (exact) mass is 340 g/mol. The number of carbonyl (C=O) groups is 1. The van der Waals surface area contributed by atoms with Crippen molar-refractivity contribution in [3.8, 4) is 5.75 Å². The number of benzene rings is 1. The molecule has 3 aromatic rings. The zero-order valence-corrected chi connectivity index (χ0v) is 13.9. The topological polar surface area (TPSA) is 95.2 Å². The number of rotatable bonds is 3. The van der Waals surface area contributed by atoms with Crippen LogP contribution in [-0.2, 0) is 14.1 Å². The zero-order chi connectivity index (χ0) is 18.1. The Bertz CT molecular complexity index is 1100. The Hall–Kier alpha value is -3.42. The van der Waals surface area contributed by atoms with Crippen LogP contribution in [0.3, 0.4) is 0 Å². The van der Waals surface area contributed by atoms with Crippen LogP contribution in [0.25, 0.3) is 11.0 Å². The molecule has 0 unspecified atom stereocenters. The van der Waals surface area contributed by atoms with Crippen molar-refractivity contribution in [1.29, 1.82) is 0 Å². The number of amides is 1. The van der Waals surface area contributed by atoms with Crippen LogP contribution < -0.4 is 21.3 Å². The van der Waals surface area contributed by atoms with E-state index in [1.54, 1.807) is 24.3 Å². The molecule has 8 nitrogen and oxygen atoms in total. The minimum atomic E-state index is -0.473. The smallest absolute Gasteiger partial charge is 0.332 e. The van der Waals surface area contributed by atoms with Gasteiger partial charge in [-0.05, 0) is 18.2 Å². The number of nitrogens with one attached hydrogen (secondary N) is 1. The standard InChI is InChI=1S/C17H16N4O4/c1-20-14-12(16(23)21(2)17(20)24)8-10(9-18-14)19-15(22)11-6-4-5-7-13(11)25-3/h4-9H,1-3H3,(H,19,22). The Morgan fingerprint density at radius 1 is 1.16 bits per heavy atom. The van der Waals surface area contributed by atoms with E-state index in [0.29, 0.717) is 17.0 Å². The molecule has 25 heavy (non-hydrogen) atoms. The number of hydrogen-bond donors (Lipinski definition) is 1. The fraction of sp³-hybridized carbons (Fsp3) is 0.176. The Balaban J connectivity index is 2.05. The first-order valence-electron chi connectivity index (χ1n) is 7.44. The Morgan fingerprint density at radius 2 is 1.88 bits per heavy atom. The molecule has 1 N–H and O–H groups in total. The van der Waals surface area contributed by atoms with Crippen molar-refractivity contribution >= 4 is 22.6 Å². The summed E-state index contributed by atoms with van der Waals surface area (Å²) in [6, 6.07) is 8.29. The number of hydrogen-bond acceptors (Lipinski definition) is 5. The summed E-state index contributed by atoms with van der Waals surface area (Å²) >= 11 is 0. The van der Waals surface area contributed by atoms with Gasteiger partial charge in [0, 0.05) is 14.1 Å². The number of methoxy groups -OCH3 is 1. The molecule has 0 saturated carbocycles. The summed E-state index contributed by atoms with van der Waals surface area (Å²) in [6.07, 6.45) is 1.40. The van der Waals surface area contributed by atoms with Gasteiger partial charge in [0.1, 0.15) is 11.4 Å². The van der Waals surface area contributed by atoms with E-state index in [1.165, 1.54) is 38.0 Å². The quantitative estimate of drug-likeness (QED) is 0.764. The van der Waals surface area contributed by atoms with Crippen molar-refractivity contribution < 1.29 is 9.53 Å². The van der Waals surface area contributed by atoms with Crippen molar-refractivity contribution in [2.45, 2.75) is 0 Å². The fourth-order valence-corrected chi connectivity index (χ4v) is 2.56. The van der Waals surface area contributed by atoms with Gasteiger partial charge < -0.3 is 10.1 Å². The van der Waals surface area contributed by atoms with Gasteiger partial charge in [0.25, 0.3) is 11.5 Å².